The number of rotatable bonds is 4. The van der Waals surface area contributed by atoms with Gasteiger partial charge < -0.3 is 9.47 Å². The van der Waals surface area contributed by atoms with Gasteiger partial charge >= 0.3 is 0 Å². The molecule has 31 heavy (non-hydrogen) atoms. The average Bonchev–Trinajstić information content (AvgIpc) is 3.26. The molecule has 3 heterocycles. The quantitative estimate of drug-likeness (QED) is 0.756. The molecule has 7 heteroatoms. The largest absolute Gasteiger partial charge is 0.379 e. The number of benzene rings is 2. The van der Waals surface area contributed by atoms with Crippen molar-refractivity contribution < 1.29 is 14.3 Å². The Balaban J connectivity index is 1.58. The molecule has 2 saturated heterocycles. The van der Waals surface area contributed by atoms with E-state index in [1.54, 1.807) is 0 Å². The molecule has 0 aliphatic carbocycles. The van der Waals surface area contributed by atoms with E-state index in [-0.39, 0.29) is 18.2 Å². The van der Waals surface area contributed by atoms with Crippen molar-refractivity contribution in [2.24, 2.45) is 4.99 Å². The molecule has 2 aromatic rings. The van der Waals surface area contributed by atoms with E-state index < -0.39 is 0 Å². The maximum atomic E-state index is 13.9. The van der Waals surface area contributed by atoms with E-state index in [0.717, 1.165) is 37.6 Å². The van der Waals surface area contributed by atoms with E-state index in [1.165, 1.54) is 0 Å². The van der Waals surface area contributed by atoms with E-state index in [2.05, 4.69) is 9.80 Å². The Morgan fingerprint density at radius 3 is 1.94 bits per heavy atom. The number of ether oxygens (including phenoxy) is 2. The second-order valence-corrected chi connectivity index (χ2v) is 7.98. The van der Waals surface area contributed by atoms with Crippen LogP contribution in [0.1, 0.15) is 15.9 Å². The maximum absolute atomic E-state index is 13.9. The highest BCUT2D eigenvalue weighted by atomic mass is 16.5. The van der Waals surface area contributed by atoms with Crippen LogP contribution in [0.3, 0.4) is 0 Å². The lowest BCUT2D eigenvalue weighted by Gasteiger charge is -2.43. The normalized spacial score (nSPS) is 25.4. The first-order valence-corrected chi connectivity index (χ1v) is 11.0. The van der Waals surface area contributed by atoms with Gasteiger partial charge in [-0.25, -0.2) is 4.99 Å². The first-order valence-electron chi connectivity index (χ1n) is 11.0. The summed E-state index contributed by atoms with van der Waals surface area (Å²) in [5, 5.41) is 0. The summed E-state index contributed by atoms with van der Waals surface area (Å²) in [6.45, 7) is 5.89. The maximum Gasteiger partial charge on any atom is 0.260 e. The van der Waals surface area contributed by atoms with Crippen LogP contribution in [0.4, 0.5) is 0 Å². The summed E-state index contributed by atoms with van der Waals surface area (Å²) in [6, 6.07) is 19.5. The van der Waals surface area contributed by atoms with E-state index >= 15 is 0 Å². The summed E-state index contributed by atoms with van der Waals surface area (Å²) >= 11 is 0. The lowest BCUT2D eigenvalue weighted by atomic mass is 10.1. The van der Waals surface area contributed by atoms with Crippen molar-refractivity contribution in [3.63, 3.8) is 0 Å². The second-order valence-electron chi connectivity index (χ2n) is 7.98. The van der Waals surface area contributed by atoms with Crippen LogP contribution in [-0.4, -0.2) is 91.4 Å². The molecule has 0 radical (unpaired) electrons. The third-order valence-corrected chi connectivity index (χ3v) is 6.13. The smallest absolute Gasteiger partial charge is 0.260 e. The molecule has 3 aliphatic heterocycles. The highest BCUT2D eigenvalue weighted by molar-refractivity contribution is 6.13. The van der Waals surface area contributed by atoms with Crippen LogP contribution < -0.4 is 0 Å². The van der Waals surface area contributed by atoms with E-state index in [0.29, 0.717) is 32.0 Å². The standard InChI is InChI=1S/C24H28N4O3/c29-24(20-9-5-2-6-10-20)28-21(19-7-3-1-4-8-19)25-22(26-11-15-30-16-12-26)23(28)27-13-17-31-18-14-27/h1-10,22-23H,11-18H2/t22-,23+/m0/s1. The van der Waals surface area contributed by atoms with Gasteiger partial charge in [-0.15, -0.1) is 0 Å². The molecular weight excluding hydrogens is 392 g/mol. The molecule has 2 atom stereocenters. The van der Waals surface area contributed by atoms with Gasteiger partial charge in [-0.05, 0) is 12.1 Å². The number of morpholine rings is 2. The lowest BCUT2D eigenvalue weighted by Crippen LogP contribution is -2.61. The van der Waals surface area contributed by atoms with Crippen molar-refractivity contribution in [2.75, 3.05) is 52.6 Å². The summed E-state index contributed by atoms with van der Waals surface area (Å²) in [4.78, 5) is 25.6. The van der Waals surface area contributed by atoms with Crippen molar-refractivity contribution in [3.8, 4) is 0 Å². The Morgan fingerprint density at radius 2 is 1.32 bits per heavy atom. The highest BCUT2D eigenvalue weighted by Gasteiger charge is 2.46. The predicted octanol–water partition coefficient (Wildman–Crippen LogP) is 1.91. The van der Waals surface area contributed by atoms with Crippen molar-refractivity contribution in [1.82, 2.24) is 14.7 Å². The molecule has 2 aromatic carbocycles. The van der Waals surface area contributed by atoms with Crippen LogP contribution in [0.2, 0.25) is 0 Å². The minimum Gasteiger partial charge on any atom is -0.379 e. The molecule has 0 aromatic heterocycles. The molecule has 162 valence electrons. The Labute approximate surface area is 182 Å². The number of amides is 1. The van der Waals surface area contributed by atoms with Crippen molar-refractivity contribution >= 4 is 11.7 Å². The van der Waals surface area contributed by atoms with Crippen molar-refractivity contribution in [3.05, 3.63) is 71.8 Å². The molecule has 7 nitrogen and oxygen atoms in total. The summed E-state index contributed by atoms with van der Waals surface area (Å²) in [7, 11) is 0. The minimum absolute atomic E-state index is 0.0181. The van der Waals surface area contributed by atoms with Gasteiger partial charge in [0.25, 0.3) is 5.91 Å². The molecular formula is C24H28N4O3. The monoisotopic (exact) mass is 420 g/mol. The summed E-state index contributed by atoms with van der Waals surface area (Å²) in [5.41, 5.74) is 1.63. The topological polar surface area (TPSA) is 57.6 Å². The van der Waals surface area contributed by atoms with Gasteiger partial charge in [-0.2, -0.15) is 0 Å². The fraction of sp³-hybridized carbons (Fsp3) is 0.417. The van der Waals surface area contributed by atoms with Crippen LogP contribution in [0.15, 0.2) is 65.7 Å². The zero-order chi connectivity index (χ0) is 21.0. The predicted molar refractivity (Wildman–Crippen MR) is 118 cm³/mol. The number of hydrogen-bond donors (Lipinski definition) is 0. The highest BCUT2D eigenvalue weighted by Crippen LogP contribution is 2.30. The van der Waals surface area contributed by atoms with Gasteiger partial charge in [0.15, 0.2) is 0 Å². The number of hydrogen-bond acceptors (Lipinski definition) is 6. The summed E-state index contributed by atoms with van der Waals surface area (Å²) in [5.74, 6) is 0.720. The minimum atomic E-state index is -0.176. The molecule has 0 unspecified atom stereocenters. The number of nitrogens with zero attached hydrogens (tertiary/aromatic N) is 4. The van der Waals surface area contributed by atoms with Crippen molar-refractivity contribution in [2.45, 2.75) is 12.3 Å². The van der Waals surface area contributed by atoms with Gasteiger partial charge in [-0.3, -0.25) is 19.5 Å². The Morgan fingerprint density at radius 1 is 0.774 bits per heavy atom. The summed E-state index contributed by atoms with van der Waals surface area (Å²) < 4.78 is 11.2. The Bertz CT molecular complexity index is 909. The molecule has 2 fully saturated rings. The number of amidine groups is 1. The fourth-order valence-electron chi connectivity index (χ4n) is 4.56. The second kappa shape index (κ2) is 9.28. The number of carbonyl (C=O) groups excluding carboxylic acids is 1. The molecule has 5 rings (SSSR count). The molecule has 0 bridgehead atoms. The Hall–Kier alpha value is -2.58. The third-order valence-electron chi connectivity index (χ3n) is 6.13. The first-order chi connectivity index (χ1) is 15.3. The lowest BCUT2D eigenvalue weighted by molar-refractivity contribution is -0.0522. The zero-order valence-electron chi connectivity index (χ0n) is 17.6. The molecule has 0 N–H and O–H groups in total. The third kappa shape index (κ3) is 4.14. The molecule has 0 spiro atoms. The molecule has 0 saturated carbocycles. The van der Waals surface area contributed by atoms with Crippen LogP contribution >= 0.6 is 0 Å². The number of carbonyl (C=O) groups is 1. The summed E-state index contributed by atoms with van der Waals surface area (Å²) in [6.07, 6.45) is -0.310. The van der Waals surface area contributed by atoms with E-state index in [1.807, 2.05) is 65.6 Å². The average molecular weight is 421 g/mol. The van der Waals surface area contributed by atoms with E-state index in [4.69, 9.17) is 14.5 Å². The number of aliphatic imine (C=N–C) groups is 1. The van der Waals surface area contributed by atoms with Crippen LogP contribution in [-0.2, 0) is 9.47 Å². The molecule has 3 aliphatic rings. The van der Waals surface area contributed by atoms with Gasteiger partial charge in [0.1, 0.15) is 18.2 Å². The fourth-order valence-corrected chi connectivity index (χ4v) is 4.56. The van der Waals surface area contributed by atoms with Crippen LogP contribution in [0.25, 0.3) is 0 Å². The SMILES string of the molecule is O=C(c1ccccc1)N1C(c2ccccc2)=N[C@@H](N2CCOCC2)[C@@H]1N1CCOCC1. The van der Waals surface area contributed by atoms with Crippen molar-refractivity contribution in [1.29, 1.82) is 0 Å². The zero-order valence-corrected chi connectivity index (χ0v) is 17.6. The van der Waals surface area contributed by atoms with Gasteiger partial charge in [0.2, 0.25) is 0 Å². The van der Waals surface area contributed by atoms with Gasteiger partial charge in [0.05, 0.1) is 26.4 Å². The first kappa shape index (κ1) is 20.3. The van der Waals surface area contributed by atoms with E-state index in [9.17, 15) is 4.79 Å². The molecule has 1 amide bonds. The van der Waals surface area contributed by atoms with Gasteiger partial charge in [-0.1, -0.05) is 48.5 Å². The van der Waals surface area contributed by atoms with Crippen LogP contribution in [0, 0.1) is 0 Å². The van der Waals surface area contributed by atoms with Gasteiger partial charge in [0, 0.05) is 37.3 Å². The van der Waals surface area contributed by atoms with Crippen LogP contribution in [0.5, 0.6) is 0 Å². The Kier molecular flexibility index (Phi) is 6.08.